The number of aromatic amines is 1. The van der Waals surface area contributed by atoms with Crippen LogP contribution in [-0.2, 0) is 23.0 Å². The molecule has 1 aromatic heterocycles. The lowest BCUT2D eigenvalue weighted by Gasteiger charge is -2.29. The molecule has 3 aromatic rings. The molecule has 3 N–H and O–H groups in total. The monoisotopic (exact) mass is 433 g/mol. The van der Waals surface area contributed by atoms with Gasteiger partial charge >= 0.3 is 0 Å². The number of nitrogens with two attached hydrogens (primary N) is 1. The molecule has 9 nitrogen and oxygen atoms in total. The molecule has 1 aliphatic rings. The maximum absolute atomic E-state index is 11.6. The van der Waals surface area contributed by atoms with Crippen LogP contribution >= 0.6 is 11.6 Å². The van der Waals surface area contributed by atoms with Crippen molar-refractivity contribution in [2.45, 2.75) is 17.9 Å². The zero-order valence-corrected chi connectivity index (χ0v) is 16.6. The molecule has 0 unspecified atom stereocenters. The number of primary sulfonamides is 1. The molecule has 1 aliphatic heterocycles. The lowest BCUT2D eigenvalue weighted by Crippen LogP contribution is -2.31. The molecule has 29 heavy (non-hydrogen) atoms. The van der Waals surface area contributed by atoms with E-state index in [1.165, 1.54) is 12.1 Å². The van der Waals surface area contributed by atoms with Crippen molar-refractivity contribution < 1.29 is 13.3 Å². The maximum Gasteiger partial charge on any atom is 0.293 e. The molecule has 150 valence electrons. The molecule has 0 spiro atoms. The number of benzene rings is 2. The number of nitrogens with zero attached hydrogens (tertiary/aromatic N) is 3. The van der Waals surface area contributed by atoms with Gasteiger partial charge in [-0.25, -0.2) is 13.6 Å². The third-order valence-corrected chi connectivity index (χ3v) is 5.99. The highest BCUT2D eigenvalue weighted by Crippen LogP contribution is 2.36. The van der Waals surface area contributed by atoms with E-state index in [1.54, 1.807) is 12.1 Å². The number of H-pyrrole nitrogens is 1. The Labute approximate surface area is 171 Å². The van der Waals surface area contributed by atoms with Crippen molar-refractivity contribution in [3.8, 4) is 11.3 Å². The Balaban J connectivity index is 1.74. The quantitative estimate of drug-likeness (QED) is 0.479. The first-order chi connectivity index (χ1) is 13.7. The van der Waals surface area contributed by atoms with Crippen LogP contribution in [0.25, 0.3) is 11.3 Å². The molecular weight excluding hydrogens is 418 g/mol. The first kappa shape index (κ1) is 19.4. The van der Waals surface area contributed by atoms with Crippen molar-refractivity contribution in [3.05, 3.63) is 68.9 Å². The standard InChI is InChI=1S/C18H16ClN5O4S/c19-12-3-1-2-11(8-12)18-14-10-23(7-6-15(14)21-22-18)16-5-4-13(29(20,27)28)9-17(16)24(25)26/h1-5,8-9H,6-7,10H2,(H,21,22)(H2,20,27,28). The minimum Gasteiger partial charge on any atom is -0.361 e. The highest BCUT2D eigenvalue weighted by Gasteiger charge is 2.28. The van der Waals surface area contributed by atoms with E-state index in [-0.39, 0.29) is 10.6 Å². The summed E-state index contributed by atoms with van der Waals surface area (Å²) in [7, 11) is -4.04. The van der Waals surface area contributed by atoms with Crippen LogP contribution < -0.4 is 10.0 Å². The summed E-state index contributed by atoms with van der Waals surface area (Å²) in [5.74, 6) is 0. The maximum atomic E-state index is 11.6. The summed E-state index contributed by atoms with van der Waals surface area (Å²) in [6.45, 7) is 0.892. The second-order valence-corrected chi connectivity index (χ2v) is 8.66. The summed E-state index contributed by atoms with van der Waals surface area (Å²) in [5, 5.41) is 24.7. The molecule has 2 aromatic carbocycles. The number of halogens is 1. The van der Waals surface area contributed by atoms with Gasteiger partial charge in [0.15, 0.2) is 0 Å². The normalized spacial score (nSPS) is 13.9. The van der Waals surface area contributed by atoms with E-state index in [0.717, 1.165) is 28.6 Å². The third-order valence-electron chi connectivity index (χ3n) is 4.84. The van der Waals surface area contributed by atoms with Gasteiger partial charge in [0, 0.05) is 47.4 Å². The first-order valence-electron chi connectivity index (χ1n) is 8.62. The van der Waals surface area contributed by atoms with Gasteiger partial charge in [-0.05, 0) is 24.3 Å². The largest absolute Gasteiger partial charge is 0.361 e. The van der Waals surface area contributed by atoms with Crippen molar-refractivity contribution >= 4 is 33.0 Å². The van der Waals surface area contributed by atoms with Gasteiger partial charge in [0.2, 0.25) is 10.0 Å². The Morgan fingerprint density at radius 2 is 2.03 bits per heavy atom. The van der Waals surface area contributed by atoms with Gasteiger partial charge in [-0.1, -0.05) is 23.7 Å². The van der Waals surface area contributed by atoms with E-state index in [0.29, 0.717) is 30.2 Å². The molecule has 11 heteroatoms. The lowest BCUT2D eigenvalue weighted by atomic mass is 10.0. The van der Waals surface area contributed by atoms with Crippen LogP contribution in [0.1, 0.15) is 11.3 Å². The number of sulfonamides is 1. The number of aromatic nitrogens is 2. The van der Waals surface area contributed by atoms with Crippen LogP contribution in [0.5, 0.6) is 0 Å². The molecule has 0 atom stereocenters. The van der Waals surface area contributed by atoms with E-state index in [4.69, 9.17) is 16.7 Å². The lowest BCUT2D eigenvalue weighted by molar-refractivity contribution is -0.384. The fourth-order valence-corrected chi connectivity index (χ4v) is 4.19. The Bertz CT molecular complexity index is 1220. The number of rotatable bonds is 4. The van der Waals surface area contributed by atoms with Gasteiger partial charge in [-0.3, -0.25) is 15.2 Å². The van der Waals surface area contributed by atoms with Crippen molar-refractivity contribution in [1.82, 2.24) is 10.2 Å². The van der Waals surface area contributed by atoms with E-state index in [1.807, 2.05) is 17.0 Å². The molecule has 2 heterocycles. The average molecular weight is 434 g/mol. The SMILES string of the molecule is NS(=O)(=O)c1ccc(N2CCc3[nH]nc(-c4cccc(Cl)c4)c3C2)c([N+](=O)[O-])c1. The molecule has 0 radical (unpaired) electrons. The zero-order valence-electron chi connectivity index (χ0n) is 15.0. The molecule has 0 fully saturated rings. The van der Waals surface area contributed by atoms with Gasteiger partial charge < -0.3 is 4.90 Å². The van der Waals surface area contributed by atoms with Gasteiger partial charge in [0.1, 0.15) is 5.69 Å². The fourth-order valence-electron chi connectivity index (χ4n) is 3.47. The number of nitrogens with one attached hydrogen (secondary N) is 1. The van der Waals surface area contributed by atoms with Crippen LogP contribution in [-0.4, -0.2) is 30.1 Å². The van der Waals surface area contributed by atoms with Crippen molar-refractivity contribution in [2.24, 2.45) is 5.14 Å². The van der Waals surface area contributed by atoms with Crippen LogP contribution in [0.4, 0.5) is 11.4 Å². The van der Waals surface area contributed by atoms with Crippen molar-refractivity contribution in [3.63, 3.8) is 0 Å². The predicted octanol–water partition coefficient (Wildman–Crippen LogP) is 2.85. The second kappa shape index (κ2) is 7.14. The zero-order chi connectivity index (χ0) is 20.8. The predicted molar refractivity (Wildman–Crippen MR) is 108 cm³/mol. The molecule has 4 rings (SSSR count). The van der Waals surface area contributed by atoms with Gasteiger partial charge in [0.25, 0.3) is 5.69 Å². The fraction of sp³-hybridized carbons (Fsp3) is 0.167. The first-order valence-corrected chi connectivity index (χ1v) is 10.5. The van der Waals surface area contributed by atoms with Crippen LogP contribution in [0.3, 0.4) is 0 Å². The number of hydrogen-bond acceptors (Lipinski definition) is 6. The number of nitro groups is 1. The molecule has 0 amide bonds. The van der Waals surface area contributed by atoms with E-state index in [9.17, 15) is 18.5 Å². The van der Waals surface area contributed by atoms with Crippen LogP contribution in [0.15, 0.2) is 47.4 Å². The number of hydrogen-bond donors (Lipinski definition) is 2. The van der Waals surface area contributed by atoms with E-state index < -0.39 is 14.9 Å². The summed E-state index contributed by atoms with van der Waals surface area (Å²) in [6.07, 6.45) is 0.608. The minimum absolute atomic E-state index is 0.298. The average Bonchev–Trinajstić information content (AvgIpc) is 3.10. The number of anilines is 1. The van der Waals surface area contributed by atoms with E-state index >= 15 is 0 Å². The molecule has 0 saturated heterocycles. The molecule has 0 saturated carbocycles. The molecular formula is C18H16ClN5O4S. The summed E-state index contributed by atoms with van der Waals surface area (Å²) < 4.78 is 23.1. The highest BCUT2D eigenvalue weighted by atomic mass is 35.5. The highest BCUT2D eigenvalue weighted by molar-refractivity contribution is 7.89. The third kappa shape index (κ3) is 3.69. The Morgan fingerprint density at radius 1 is 1.24 bits per heavy atom. The summed E-state index contributed by atoms with van der Waals surface area (Å²) in [6, 6.07) is 11.0. The van der Waals surface area contributed by atoms with Crippen molar-refractivity contribution in [1.29, 1.82) is 0 Å². The van der Waals surface area contributed by atoms with Gasteiger partial charge in [-0.15, -0.1) is 0 Å². The summed E-state index contributed by atoms with van der Waals surface area (Å²) in [4.78, 5) is 12.5. The Morgan fingerprint density at radius 3 is 2.72 bits per heavy atom. The minimum atomic E-state index is -4.04. The Hall–Kier alpha value is -2.95. The van der Waals surface area contributed by atoms with Crippen LogP contribution in [0.2, 0.25) is 5.02 Å². The smallest absolute Gasteiger partial charge is 0.293 e. The summed E-state index contributed by atoms with van der Waals surface area (Å²) in [5.41, 5.74) is 3.47. The van der Waals surface area contributed by atoms with Gasteiger partial charge in [-0.2, -0.15) is 5.10 Å². The summed E-state index contributed by atoms with van der Waals surface area (Å²) >= 11 is 6.09. The second-order valence-electron chi connectivity index (χ2n) is 6.66. The van der Waals surface area contributed by atoms with E-state index in [2.05, 4.69) is 10.2 Å². The van der Waals surface area contributed by atoms with Gasteiger partial charge in [0.05, 0.1) is 15.5 Å². The molecule has 0 aliphatic carbocycles. The van der Waals surface area contributed by atoms with Crippen LogP contribution in [0, 0.1) is 10.1 Å². The van der Waals surface area contributed by atoms with Crippen molar-refractivity contribution in [2.75, 3.05) is 11.4 Å². The number of fused-ring (bicyclic) bond motifs is 1. The molecule has 0 bridgehead atoms. The topological polar surface area (TPSA) is 135 Å². The number of nitro benzene ring substituents is 1. The Kier molecular flexibility index (Phi) is 4.77.